The molecule has 1 aliphatic heterocycles. The maximum absolute atomic E-state index is 11.7. The van der Waals surface area contributed by atoms with Gasteiger partial charge in [0, 0.05) is 30.3 Å². The Hall–Kier alpha value is -1.31. The average molecular weight is 257 g/mol. The molecule has 102 valence electrons. The van der Waals surface area contributed by atoms with Gasteiger partial charge in [-0.15, -0.1) is 0 Å². The first-order valence-electron chi connectivity index (χ1n) is 7.69. The van der Waals surface area contributed by atoms with E-state index in [0.29, 0.717) is 6.42 Å². The Morgan fingerprint density at radius 1 is 1.16 bits per heavy atom. The van der Waals surface area contributed by atoms with E-state index in [4.69, 9.17) is 0 Å². The predicted molar refractivity (Wildman–Crippen MR) is 78.8 cm³/mol. The molecule has 1 saturated carbocycles. The summed E-state index contributed by atoms with van der Waals surface area (Å²) in [5.41, 5.74) is 2.16. The van der Waals surface area contributed by atoms with E-state index in [-0.39, 0.29) is 5.78 Å². The second kappa shape index (κ2) is 5.36. The number of piperidine rings is 1. The van der Waals surface area contributed by atoms with Gasteiger partial charge in [0.2, 0.25) is 0 Å². The van der Waals surface area contributed by atoms with E-state index < -0.39 is 0 Å². The molecule has 3 rings (SSSR count). The second-order valence-electron chi connectivity index (χ2n) is 5.92. The van der Waals surface area contributed by atoms with Crippen LogP contribution >= 0.6 is 0 Å². The van der Waals surface area contributed by atoms with E-state index >= 15 is 0 Å². The molecule has 1 heterocycles. The normalized spacial score (nSPS) is 26.3. The van der Waals surface area contributed by atoms with Crippen molar-refractivity contribution in [3.8, 4) is 0 Å². The summed E-state index contributed by atoms with van der Waals surface area (Å²) in [7, 11) is 0. The third-order valence-electron chi connectivity index (χ3n) is 4.84. The zero-order valence-electron chi connectivity index (χ0n) is 11.8. The van der Waals surface area contributed by atoms with Gasteiger partial charge in [-0.3, -0.25) is 4.79 Å². The third kappa shape index (κ3) is 2.41. The summed E-state index contributed by atoms with van der Waals surface area (Å²) in [6.45, 7) is 3.10. The van der Waals surface area contributed by atoms with E-state index in [1.165, 1.54) is 44.3 Å². The van der Waals surface area contributed by atoms with Crippen LogP contribution in [-0.4, -0.2) is 18.4 Å². The van der Waals surface area contributed by atoms with Crippen LogP contribution in [0.5, 0.6) is 0 Å². The molecule has 1 aliphatic carbocycles. The molecule has 2 aliphatic rings. The second-order valence-corrected chi connectivity index (χ2v) is 5.92. The van der Waals surface area contributed by atoms with Crippen molar-refractivity contribution >= 4 is 11.5 Å². The molecule has 2 fully saturated rings. The number of benzene rings is 1. The molecule has 0 amide bonds. The lowest BCUT2D eigenvalue weighted by Crippen LogP contribution is -2.42. The van der Waals surface area contributed by atoms with Crippen LogP contribution in [0.3, 0.4) is 0 Å². The predicted octanol–water partition coefficient (Wildman–Crippen LogP) is 4.05. The molecule has 1 aromatic carbocycles. The summed E-state index contributed by atoms with van der Waals surface area (Å²) in [5.74, 6) is 1.15. The largest absolute Gasteiger partial charge is 0.368 e. The number of hydrogen-bond acceptors (Lipinski definition) is 2. The highest BCUT2D eigenvalue weighted by atomic mass is 16.1. The van der Waals surface area contributed by atoms with E-state index in [1.807, 2.05) is 19.1 Å². The minimum atomic E-state index is 0.240. The first kappa shape index (κ1) is 12.7. The molecule has 19 heavy (non-hydrogen) atoms. The van der Waals surface area contributed by atoms with Crippen molar-refractivity contribution in [2.45, 2.75) is 51.5 Å². The van der Waals surface area contributed by atoms with Gasteiger partial charge in [-0.1, -0.05) is 13.3 Å². The summed E-state index contributed by atoms with van der Waals surface area (Å²) < 4.78 is 0. The van der Waals surface area contributed by atoms with Crippen molar-refractivity contribution in [2.24, 2.45) is 5.92 Å². The molecular formula is C17H23NO. The van der Waals surface area contributed by atoms with Gasteiger partial charge in [0.25, 0.3) is 0 Å². The zero-order chi connectivity index (χ0) is 13.2. The fourth-order valence-electron chi connectivity index (χ4n) is 3.82. The van der Waals surface area contributed by atoms with Crippen LogP contribution in [0, 0.1) is 5.92 Å². The highest BCUT2D eigenvalue weighted by Gasteiger charge is 2.34. The number of carbonyl (C=O) groups excluding carboxylic acids is 1. The quantitative estimate of drug-likeness (QED) is 0.761. The minimum absolute atomic E-state index is 0.240. The van der Waals surface area contributed by atoms with Crippen LogP contribution in [0.4, 0.5) is 5.69 Å². The molecule has 2 atom stereocenters. The number of hydrogen-bond donors (Lipinski definition) is 0. The number of ketones is 1. The number of Topliss-reactive ketones (excluding diaryl/α,β-unsaturated/α-hetero) is 1. The molecule has 1 aromatic rings. The van der Waals surface area contributed by atoms with Crippen LogP contribution in [0.25, 0.3) is 0 Å². The maximum Gasteiger partial charge on any atom is 0.162 e. The van der Waals surface area contributed by atoms with Crippen LogP contribution in [0.1, 0.15) is 55.8 Å². The molecule has 0 bridgehead atoms. The maximum atomic E-state index is 11.7. The Morgan fingerprint density at radius 3 is 2.63 bits per heavy atom. The van der Waals surface area contributed by atoms with E-state index in [0.717, 1.165) is 17.5 Å². The first-order valence-corrected chi connectivity index (χ1v) is 7.69. The van der Waals surface area contributed by atoms with Crippen LogP contribution in [0.15, 0.2) is 24.3 Å². The highest BCUT2D eigenvalue weighted by molar-refractivity contribution is 5.96. The fourth-order valence-corrected chi connectivity index (χ4v) is 3.82. The summed E-state index contributed by atoms with van der Waals surface area (Å²) in [6, 6.07) is 9.04. The van der Waals surface area contributed by atoms with Gasteiger partial charge in [0.15, 0.2) is 5.78 Å². The number of fused-ring (bicyclic) bond motifs is 1. The molecule has 0 spiro atoms. The monoisotopic (exact) mass is 257 g/mol. The van der Waals surface area contributed by atoms with E-state index in [1.54, 1.807) is 0 Å². The lowest BCUT2D eigenvalue weighted by molar-refractivity contribution is 0.0988. The number of rotatable bonds is 3. The molecule has 0 aromatic heterocycles. The van der Waals surface area contributed by atoms with Gasteiger partial charge in [-0.2, -0.15) is 0 Å². The van der Waals surface area contributed by atoms with Crippen LogP contribution in [-0.2, 0) is 0 Å². The minimum Gasteiger partial charge on any atom is -0.368 e. The molecule has 2 heteroatoms. The van der Waals surface area contributed by atoms with Crippen molar-refractivity contribution in [3.63, 3.8) is 0 Å². The lowest BCUT2D eigenvalue weighted by Gasteiger charge is -2.39. The van der Waals surface area contributed by atoms with Crippen molar-refractivity contribution < 1.29 is 4.79 Å². The Labute approximate surface area is 115 Å². The molecule has 0 radical (unpaired) electrons. The standard InChI is InChI=1S/C17H23NO/c1-2-17(19)14-8-10-15(11-9-14)18-12-4-6-13-5-3-7-16(13)18/h8-11,13,16H,2-7,12H2,1H3. The van der Waals surface area contributed by atoms with Gasteiger partial charge in [-0.05, 0) is 55.9 Å². The Bertz CT molecular complexity index is 451. The summed E-state index contributed by atoms with van der Waals surface area (Å²) >= 11 is 0. The smallest absolute Gasteiger partial charge is 0.162 e. The molecule has 2 unspecified atom stereocenters. The lowest BCUT2D eigenvalue weighted by atomic mass is 9.91. The third-order valence-corrected chi connectivity index (χ3v) is 4.84. The van der Waals surface area contributed by atoms with Crippen molar-refractivity contribution in [1.82, 2.24) is 0 Å². The van der Waals surface area contributed by atoms with Gasteiger partial charge in [0.1, 0.15) is 0 Å². The molecule has 2 nitrogen and oxygen atoms in total. The Balaban J connectivity index is 1.79. The van der Waals surface area contributed by atoms with Gasteiger partial charge < -0.3 is 4.90 Å². The number of nitrogens with zero attached hydrogens (tertiary/aromatic N) is 1. The molecule has 0 N–H and O–H groups in total. The number of anilines is 1. The van der Waals surface area contributed by atoms with Crippen molar-refractivity contribution in [2.75, 3.05) is 11.4 Å². The van der Waals surface area contributed by atoms with E-state index in [2.05, 4.69) is 17.0 Å². The van der Waals surface area contributed by atoms with Gasteiger partial charge in [0.05, 0.1) is 0 Å². The summed E-state index contributed by atoms with van der Waals surface area (Å²) in [6.07, 6.45) is 7.46. The molecular weight excluding hydrogens is 234 g/mol. The highest BCUT2D eigenvalue weighted by Crippen LogP contribution is 2.39. The van der Waals surface area contributed by atoms with Crippen molar-refractivity contribution in [1.29, 1.82) is 0 Å². The zero-order valence-corrected chi connectivity index (χ0v) is 11.8. The topological polar surface area (TPSA) is 20.3 Å². The summed E-state index contributed by atoms with van der Waals surface area (Å²) in [5, 5.41) is 0. The Morgan fingerprint density at radius 2 is 1.89 bits per heavy atom. The molecule has 1 saturated heterocycles. The number of carbonyl (C=O) groups is 1. The first-order chi connectivity index (χ1) is 9.29. The fraction of sp³-hybridized carbons (Fsp3) is 0.588. The van der Waals surface area contributed by atoms with Gasteiger partial charge >= 0.3 is 0 Å². The van der Waals surface area contributed by atoms with E-state index in [9.17, 15) is 4.79 Å². The van der Waals surface area contributed by atoms with Gasteiger partial charge in [-0.25, -0.2) is 0 Å². The average Bonchev–Trinajstić information content (AvgIpc) is 2.95. The summed E-state index contributed by atoms with van der Waals surface area (Å²) in [4.78, 5) is 14.3. The van der Waals surface area contributed by atoms with Crippen LogP contribution in [0.2, 0.25) is 0 Å². The SMILES string of the molecule is CCC(=O)c1ccc(N2CCCC3CCCC32)cc1. The van der Waals surface area contributed by atoms with Crippen molar-refractivity contribution in [3.05, 3.63) is 29.8 Å². The van der Waals surface area contributed by atoms with Crippen LogP contribution < -0.4 is 4.90 Å². The Kier molecular flexibility index (Phi) is 3.58.